The Morgan fingerprint density at radius 2 is 1.45 bits per heavy atom. The normalized spacial score (nSPS) is 11.5. The van der Waals surface area contributed by atoms with E-state index in [1.54, 1.807) is 0 Å². The summed E-state index contributed by atoms with van der Waals surface area (Å²) in [5, 5.41) is 6.15. The zero-order valence-corrected chi connectivity index (χ0v) is 19.0. The van der Waals surface area contributed by atoms with Crippen molar-refractivity contribution in [1.82, 2.24) is 4.98 Å². The number of thiazole rings is 1. The zero-order chi connectivity index (χ0) is 21.8. The van der Waals surface area contributed by atoms with E-state index in [1.807, 2.05) is 79.9 Å². The van der Waals surface area contributed by atoms with E-state index in [1.165, 1.54) is 11.3 Å². The highest BCUT2D eigenvalue weighted by atomic mass is 35.5. The molecule has 0 unspecified atom stereocenters. The fourth-order valence-electron chi connectivity index (χ4n) is 3.83. The zero-order valence-electron chi connectivity index (χ0n) is 17.4. The van der Waals surface area contributed by atoms with E-state index >= 15 is 0 Å². The van der Waals surface area contributed by atoms with Crippen LogP contribution in [0, 0.1) is 5.41 Å². The largest absolute Gasteiger partial charge is 0.301 e. The number of amides is 1. The quantitative estimate of drug-likeness (QED) is 0.338. The molecule has 1 N–H and O–H groups in total. The number of hydrogen-bond donors (Lipinski definition) is 1. The second kappa shape index (κ2) is 9.04. The molecule has 31 heavy (non-hydrogen) atoms. The Morgan fingerprint density at radius 3 is 2.03 bits per heavy atom. The molecular weight excluding hydrogens is 424 g/mol. The average Bonchev–Trinajstić information content (AvgIpc) is 3.24. The SMILES string of the molecule is CC(C)(C(=O)Nc1nc(-c2ccccc2Cl)cs1)C(c1ccccc1)c1ccccc1. The fourth-order valence-corrected chi connectivity index (χ4v) is 4.77. The van der Waals surface area contributed by atoms with Crippen LogP contribution in [0.2, 0.25) is 5.02 Å². The lowest BCUT2D eigenvalue weighted by molar-refractivity contribution is -0.124. The van der Waals surface area contributed by atoms with Gasteiger partial charge in [0.25, 0.3) is 0 Å². The molecule has 5 heteroatoms. The predicted octanol–water partition coefficient (Wildman–Crippen LogP) is 7.26. The maximum atomic E-state index is 13.5. The van der Waals surface area contributed by atoms with Crippen molar-refractivity contribution < 1.29 is 4.79 Å². The lowest BCUT2D eigenvalue weighted by Gasteiger charge is -2.33. The van der Waals surface area contributed by atoms with Gasteiger partial charge in [-0.2, -0.15) is 0 Å². The Labute approximate surface area is 191 Å². The van der Waals surface area contributed by atoms with Crippen molar-refractivity contribution in [2.24, 2.45) is 5.41 Å². The van der Waals surface area contributed by atoms with Crippen molar-refractivity contribution in [2.75, 3.05) is 5.32 Å². The highest BCUT2D eigenvalue weighted by molar-refractivity contribution is 7.14. The standard InChI is InChI=1S/C26H23ClN2OS/c1-26(2,23(18-11-5-3-6-12-18)19-13-7-4-8-14-19)24(30)29-25-28-22(17-31-25)20-15-9-10-16-21(20)27/h3-17,23H,1-2H3,(H,28,29,30). The first kappa shape index (κ1) is 21.3. The van der Waals surface area contributed by atoms with Crippen LogP contribution < -0.4 is 5.32 Å². The van der Waals surface area contributed by atoms with E-state index in [0.29, 0.717) is 10.2 Å². The van der Waals surface area contributed by atoms with Gasteiger partial charge >= 0.3 is 0 Å². The lowest BCUT2D eigenvalue weighted by atomic mass is 9.70. The lowest BCUT2D eigenvalue weighted by Crippen LogP contribution is -2.37. The van der Waals surface area contributed by atoms with Gasteiger partial charge in [0, 0.05) is 21.9 Å². The van der Waals surface area contributed by atoms with E-state index < -0.39 is 5.41 Å². The molecule has 3 nitrogen and oxygen atoms in total. The molecule has 0 spiro atoms. The Hall–Kier alpha value is -2.95. The minimum atomic E-state index is -0.709. The fraction of sp³-hybridized carbons (Fsp3) is 0.154. The van der Waals surface area contributed by atoms with Crippen LogP contribution in [-0.4, -0.2) is 10.9 Å². The molecule has 1 aromatic heterocycles. The summed E-state index contributed by atoms with van der Waals surface area (Å²) in [5.74, 6) is -0.178. The Balaban J connectivity index is 1.63. The number of benzene rings is 3. The Bertz CT molecular complexity index is 1130. The Morgan fingerprint density at radius 1 is 0.903 bits per heavy atom. The molecule has 0 radical (unpaired) electrons. The molecule has 0 aliphatic rings. The van der Waals surface area contributed by atoms with Gasteiger partial charge in [0.15, 0.2) is 5.13 Å². The van der Waals surface area contributed by atoms with Gasteiger partial charge in [0.2, 0.25) is 5.91 Å². The number of carbonyl (C=O) groups is 1. The number of anilines is 1. The van der Waals surface area contributed by atoms with Crippen molar-refractivity contribution in [2.45, 2.75) is 19.8 Å². The van der Waals surface area contributed by atoms with E-state index in [0.717, 1.165) is 22.4 Å². The number of aromatic nitrogens is 1. The average molecular weight is 447 g/mol. The van der Waals surface area contributed by atoms with Crippen molar-refractivity contribution in [1.29, 1.82) is 0 Å². The van der Waals surface area contributed by atoms with Gasteiger partial charge in [-0.15, -0.1) is 11.3 Å². The molecule has 1 amide bonds. The molecule has 3 aromatic carbocycles. The third-order valence-corrected chi connectivity index (χ3v) is 6.53. The van der Waals surface area contributed by atoms with Gasteiger partial charge in [-0.05, 0) is 17.2 Å². The van der Waals surface area contributed by atoms with Crippen LogP contribution in [0.1, 0.15) is 30.9 Å². The van der Waals surface area contributed by atoms with Gasteiger partial charge in [-0.1, -0.05) is 104 Å². The summed E-state index contributed by atoms with van der Waals surface area (Å²) in [4.78, 5) is 18.1. The first-order valence-corrected chi connectivity index (χ1v) is 11.3. The van der Waals surface area contributed by atoms with Crippen molar-refractivity contribution >= 4 is 34.0 Å². The molecule has 4 rings (SSSR count). The van der Waals surface area contributed by atoms with Gasteiger partial charge in [-0.3, -0.25) is 4.79 Å². The first-order chi connectivity index (χ1) is 15.0. The number of nitrogens with zero attached hydrogens (tertiary/aromatic N) is 1. The first-order valence-electron chi connectivity index (χ1n) is 10.1. The monoisotopic (exact) mass is 446 g/mol. The topological polar surface area (TPSA) is 42.0 Å². The molecular formula is C26H23ClN2OS. The molecule has 156 valence electrons. The molecule has 1 heterocycles. The van der Waals surface area contributed by atoms with Gasteiger partial charge < -0.3 is 5.32 Å². The summed E-state index contributed by atoms with van der Waals surface area (Å²) in [5.41, 5.74) is 3.10. The van der Waals surface area contributed by atoms with Crippen molar-refractivity contribution in [3.05, 3.63) is 106 Å². The number of hydrogen-bond acceptors (Lipinski definition) is 3. The van der Waals surface area contributed by atoms with Crippen molar-refractivity contribution in [3.8, 4) is 11.3 Å². The smallest absolute Gasteiger partial charge is 0.232 e. The van der Waals surface area contributed by atoms with Crippen LogP contribution in [0.5, 0.6) is 0 Å². The summed E-state index contributed by atoms with van der Waals surface area (Å²) < 4.78 is 0. The summed E-state index contributed by atoms with van der Waals surface area (Å²) in [7, 11) is 0. The second-order valence-corrected chi connectivity index (χ2v) is 9.21. The maximum Gasteiger partial charge on any atom is 0.232 e. The van der Waals surface area contributed by atoms with Gasteiger partial charge in [0.05, 0.1) is 11.1 Å². The van der Waals surface area contributed by atoms with E-state index in [4.69, 9.17) is 11.6 Å². The predicted molar refractivity (Wildman–Crippen MR) is 130 cm³/mol. The Kier molecular flexibility index (Phi) is 6.21. The summed E-state index contributed by atoms with van der Waals surface area (Å²) in [6.45, 7) is 3.96. The van der Waals surface area contributed by atoms with Crippen LogP contribution in [0.25, 0.3) is 11.3 Å². The third kappa shape index (κ3) is 4.55. The van der Waals surface area contributed by atoms with Gasteiger partial charge in [-0.25, -0.2) is 4.98 Å². The molecule has 0 fully saturated rings. The molecule has 0 atom stereocenters. The molecule has 0 aliphatic heterocycles. The van der Waals surface area contributed by atoms with E-state index in [2.05, 4.69) is 34.6 Å². The molecule has 0 saturated heterocycles. The highest BCUT2D eigenvalue weighted by Crippen LogP contribution is 2.42. The van der Waals surface area contributed by atoms with Crippen LogP contribution in [0.3, 0.4) is 0 Å². The molecule has 0 bridgehead atoms. The molecule has 0 saturated carbocycles. The van der Waals surface area contributed by atoms with Crippen LogP contribution in [0.15, 0.2) is 90.3 Å². The second-order valence-electron chi connectivity index (χ2n) is 7.95. The number of rotatable bonds is 6. The number of halogens is 1. The molecule has 0 aliphatic carbocycles. The van der Waals surface area contributed by atoms with Crippen LogP contribution in [0.4, 0.5) is 5.13 Å². The summed E-state index contributed by atoms with van der Waals surface area (Å²) in [6, 6.07) is 27.9. The number of carbonyl (C=O) groups excluding carboxylic acids is 1. The highest BCUT2D eigenvalue weighted by Gasteiger charge is 2.39. The van der Waals surface area contributed by atoms with E-state index in [-0.39, 0.29) is 11.8 Å². The van der Waals surface area contributed by atoms with E-state index in [9.17, 15) is 4.79 Å². The number of nitrogens with one attached hydrogen (secondary N) is 1. The minimum Gasteiger partial charge on any atom is -0.301 e. The van der Waals surface area contributed by atoms with Crippen LogP contribution in [-0.2, 0) is 4.79 Å². The van der Waals surface area contributed by atoms with Crippen molar-refractivity contribution in [3.63, 3.8) is 0 Å². The minimum absolute atomic E-state index is 0.0785. The van der Waals surface area contributed by atoms with Gasteiger partial charge in [0.1, 0.15) is 0 Å². The van der Waals surface area contributed by atoms with Crippen LogP contribution >= 0.6 is 22.9 Å². The third-order valence-electron chi connectivity index (χ3n) is 5.45. The summed E-state index contributed by atoms with van der Waals surface area (Å²) in [6.07, 6.45) is 0. The summed E-state index contributed by atoms with van der Waals surface area (Å²) >= 11 is 7.70. The maximum absolute atomic E-state index is 13.5. The molecule has 4 aromatic rings.